The third-order valence-electron chi connectivity index (χ3n) is 3.73. The summed E-state index contributed by atoms with van der Waals surface area (Å²) in [7, 11) is 6.11. The maximum absolute atomic E-state index is 12.1. The van der Waals surface area contributed by atoms with E-state index in [1.54, 1.807) is 6.20 Å². The van der Waals surface area contributed by atoms with Crippen molar-refractivity contribution >= 4 is 5.91 Å². The van der Waals surface area contributed by atoms with Crippen LogP contribution in [0.4, 0.5) is 0 Å². The number of aryl methyl sites for hydroxylation is 2. The summed E-state index contributed by atoms with van der Waals surface area (Å²) in [5, 5.41) is 0. The summed E-state index contributed by atoms with van der Waals surface area (Å²) in [6.07, 6.45) is 6.06. The monoisotopic (exact) mass is 250 g/mol. The van der Waals surface area contributed by atoms with Crippen LogP contribution in [0.15, 0.2) is 12.4 Å². The fourth-order valence-electron chi connectivity index (χ4n) is 2.40. The quantitative estimate of drug-likeness (QED) is 0.782. The highest BCUT2D eigenvalue weighted by Gasteiger charge is 2.27. The van der Waals surface area contributed by atoms with Crippen LogP contribution in [0.3, 0.4) is 0 Å². The number of rotatable bonds is 4. The fourth-order valence-corrected chi connectivity index (χ4v) is 2.40. The Morgan fingerprint density at radius 3 is 2.89 bits per heavy atom. The van der Waals surface area contributed by atoms with Gasteiger partial charge >= 0.3 is 0 Å². The van der Waals surface area contributed by atoms with Gasteiger partial charge in [0.25, 0.3) is 0 Å². The summed E-state index contributed by atoms with van der Waals surface area (Å²) < 4.78 is 1.97. The molecule has 1 saturated heterocycles. The van der Waals surface area contributed by atoms with E-state index in [-0.39, 0.29) is 5.91 Å². The lowest BCUT2D eigenvalue weighted by atomic mass is 10.2. The van der Waals surface area contributed by atoms with E-state index in [2.05, 4.69) is 24.0 Å². The molecule has 1 fully saturated rings. The van der Waals surface area contributed by atoms with Crippen molar-refractivity contribution in [2.24, 2.45) is 7.05 Å². The van der Waals surface area contributed by atoms with Gasteiger partial charge in [-0.15, -0.1) is 0 Å². The zero-order chi connectivity index (χ0) is 13.1. The number of likely N-dealkylation sites (tertiary alicyclic amines) is 1. The van der Waals surface area contributed by atoms with E-state index in [9.17, 15) is 4.79 Å². The minimum atomic E-state index is 0.252. The van der Waals surface area contributed by atoms with Crippen LogP contribution in [0.5, 0.6) is 0 Å². The van der Waals surface area contributed by atoms with Gasteiger partial charge in [0.05, 0.1) is 0 Å². The smallest absolute Gasteiger partial charge is 0.223 e. The van der Waals surface area contributed by atoms with Gasteiger partial charge in [-0.2, -0.15) is 0 Å². The van der Waals surface area contributed by atoms with Crippen LogP contribution in [-0.2, 0) is 18.3 Å². The minimum absolute atomic E-state index is 0.252. The average molecular weight is 250 g/mol. The Morgan fingerprint density at radius 2 is 2.33 bits per heavy atom. The highest BCUT2D eigenvalue weighted by Crippen LogP contribution is 2.14. The molecule has 1 atom stereocenters. The Balaban J connectivity index is 1.81. The minimum Gasteiger partial charge on any atom is -0.341 e. The SMILES string of the molecule is CN(C)[C@@H]1CCN(C(=O)CCc2nccn2C)C1. The van der Waals surface area contributed by atoms with E-state index >= 15 is 0 Å². The lowest BCUT2D eigenvalue weighted by Crippen LogP contribution is -2.34. The number of imidazole rings is 1. The molecule has 18 heavy (non-hydrogen) atoms. The van der Waals surface area contributed by atoms with Crippen molar-refractivity contribution in [2.45, 2.75) is 25.3 Å². The van der Waals surface area contributed by atoms with E-state index in [1.807, 2.05) is 22.7 Å². The van der Waals surface area contributed by atoms with Gasteiger partial charge in [0.1, 0.15) is 5.82 Å². The van der Waals surface area contributed by atoms with Crippen molar-refractivity contribution in [3.8, 4) is 0 Å². The molecule has 5 nitrogen and oxygen atoms in total. The van der Waals surface area contributed by atoms with Crippen molar-refractivity contribution in [3.05, 3.63) is 18.2 Å². The van der Waals surface area contributed by atoms with Crippen LogP contribution in [-0.4, -0.2) is 58.5 Å². The molecule has 1 aliphatic heterocycles. The number of aromatic nitrogens is 2. The van der Waals surface area contributed by atoms with Crippen molar-refractivity contribution in [2.75, 3.05) is 27.2 Å². The molecule has 0 aliphatic carbocycles. The molecule has 1 aromatic rings. The first-order valence-corrected chi connectivity index (χ1v) is 6.48. The molecule has 0 aromatic carbocycles. The maximum atomic E-state index is 12.1. The summed E-state index contributed by atoms with van der Waals surface area (Å²) >= 11 is 0. The van der Waals surface area contributed by atoms with Gasteiger partial charge < -0.3 is 14.4 Å². The normalized spacial score (nSPS) is 19.8. The summed E-state index contributed by atoms with van der Waals surface area (Å²) in [6, 6.07) is 0.516. The zero-order valence-electron chi connectivity index (χ0n) is 11.5. The van der Waals surface area contributed by atoms with Crippen molar-refractivity contribution in [1.82, 2.24) is 19.4 Å². The molecule has 0 unspecified atom stereocenters. The Kier molecular flexibility index (Phi) is 4.01. The predicted octanol–water partition coefficient (Wildman–Crippen LogP) is 0.515. The van der Waals surface area contributed by atoms with Crippen molar-refractivity contribution in [1.29, 1.82) is 0 Å². The summed E-state index contributed by atoms with van der Waals surface area (Å²) in [4.78, 5) is 20.5. The highest BCUT2D eigenvalue weighted by atomic mass is 16.2. The number of hydrogen-bond acceptors (Lipinski definition) is 3. The van der Waals surface area contributed by atoms with Gasteiger partial charge in [0.15, 0.2) is 0 Å². The van der Waals surface area contributed by atoms with Crippen molar-refractivity contribution < 1.29 is 4.79 Å². The van der Waals surface area contributed by atoms with Gasteiger partial charge in [-0.1, -0.05) is 0 Å². The summed E-state index contributed by atoms with van der Waals surface area (Å²) in [5.74, 6) is 1.23. The lowest BCUT2D eigenvalue weighted by molar-refractivity contribution is -0.130. The standard InChI is InChI=1S/C13H22N4O/c1-15(2)11-6-8-17(10-11)13(18)5-4-12-14-7-9-16(12)3/h7,9,11H,4-6,8,10H2,1-3H3/t11-/m1/s1. The highest BCUT2D eigenvalue weighted by molar-refractivity contribution is 5.76. The van der Waals surface area contributed by atoms with Crippen LogP contribution < -0.4 is 0 Å². The van der Waals surface area contributed by atoms with Crippen LogP contribution in [0.1, 0.15) is 18.7 Å². The molecule has 1 aliphatic rings. The molecule has 100 valence electrons. The van der Waals surface area contributed by atoms with Crippen molar-refractivity contribution in [3.63, 3.8) is 0 Å². The first kappa shape index (κ1) is 13.1. The predicted molar refractivity (Wildman–Crippen MR) is 70.2 cm³/mol. The second kappa shape index (κ2) is 5.52. The van der Waals surface area contributed by atoms with Crippen LogP contribution in [0.2, 0.25) is 0 Å². The molecular weight excluding hydrogens is 228 g/mol. The molecule has 2 heterocycles. The molecule has 0 saturated carbocycles. The Morgan fingerprint density at radius 1 is 1.56 bits per heavy atom. The molecule has 0 N–H and O–H groups in total. The van der Waals surface area contributed by atoms with E-state index in [1.165, 1.54) is 0 Å². The molecule has 2 rings (SSSR count). The molecule has 0 radical (unpaired) electrons. The molecular formula is C13H22N4O. The van der Waals surface area contributed by atoms with E-state index in [0.717, 1.165) is 31.8 Å². The van der Waals surface area contributed by atoms with E-state index < -0.39 is 0 Å². The molecule has 0 bridgehead atoms. The molecule has 1 amide bonds. The first-order chi connectivity index (χ1) is 8.58. The largest absolute Gasteiger partial charge is 0.341 e. The third kappa shape index (κ3) is 2.90. The molecule has 1 aromatic heterocycles. The topological polar surface area (TPSA) is 41.4 Å². The molecule has 0 spiro atoms. The fraction of sp³-hybridized carbons (Fsp3) is 0.692. The summed E-state index contributed by atoms with van der Waals surface area (Å²) in [6.45, 7) is 1.76. The van der Waals surface area contributed by atoms with Gasteiger partial charge in [0.2, 0.25) is 5.91 Å². The van der Waals surface area contributed by atoms with Gasteiger partial charge in [-0.05, 0) is 20.5 Å². The first-order valence-electron chi connectivity index (χ1n) is 6.48. The third-order valence-corrected chi connectivity index (χ3v) is 3.73. The number of hydrogen-bond donors (Lipinski definition) is 0. The number of carbonyl (C=O) groups excluding carboxylic acids is 1. The Labute approximate surface area is 108 Å². The van der Waals surface area contributed by atoms with Gasteiger partial charge in [0, 0.05) is 51.4 Å². The Hall–Kier alpha value is -1.36. The number of nitrogens with zero attached hydrogens (tertiary/aromatic N) is 4. The van der Waals surface area contributed by atoms with Gasteiger partial charge in [-0.25, -0.2) is 4.98 Å². The second-order valence-electron chi connectivity index (χ2n) is 5.20. The maximum Gasteiger partial charge on any atom is 0.223 e. The van der Waals surface area contributed by atoms with Crippen LogP contribution in [0.25, 0.3) is 0 Å². The summed E-state index contributed by atoms with van der Waals surface area (Å²) in [5.41, 5.74) is 0. The van der Waals surface area contributed by atoms with Gasteiger partial charge in [-0.3, -0.25) is 4.79 Å². The second-order valence-corrected chi connectivity index (χ2v) is 5.20. The van der Waals surface area contributed by atoms with Crippen LogP contribution >= 0.6 is 0 Å². The number of amides is 1. The zero-order valence-corrected chi connectivity index (χ0v) is 11.5. The van der Waals surface area contributed by atoms with Crippen LogP contribution in [0, 0.1) is 0 Å². The Bertz CT molecular complexity index is 413. The lowest BCUT2D eigenvalue weighted by Gasteiger charge is -2.20. The number of likely N-dealkylation sites (N-methyl/N-ethyl adjacent to an activating group) is 1. The number of carbonyl (C=O) groups is 1. The average Bonchev–Trinajstić information content (AvgIpc) is 2.94. The molecule has 5 heteroatoms. The van der Waals surface area contributed by atoms with E-state index in [4.69, 9.17) is 0 Å². The van der Waals surface area contributed by atoms with E-state index in [0.29, 0.717) is 12.5 Å².